The van der Waals surface area contributed by atoms with Crippen LogP contribution < -0.4 is 0 Å². The van der Waals surface area contributed by atoms with Gasteiger partial charge in [0.25, 0.3) is 0 Å². The SMILES string of the molecule is CCS(=O)(=O)[C@@H]1[C@@H](C=O)[C@H]1c1ccc(F)cc1. The molecule has 0 unspecified atom stereocenters. The normalized spacial score (nSPS) is 27.8. The lowest BCUT2D eigenvalue weighted by atomic mass is 10.1. The summed E-state index contributed by atoms with van der Waals surface area (Å²) >= 11 is 0. The van der Waals surface area contributed by atoms with Crippen molar-refractivity contribution in [2.45, 2.75) is 18.1 Å². The van der Waals surface area contributed by atoms with Crippen LogP contribution in [0, 0.1) is 11.7 Å². The van der Waals surface area contributed by atoms with Crippen molar-refractivity contribution in [2.24, 2.45) is 5.92 Å². The lowest BCUT2D eigenvalue weighted by molar-refractivity contribution is -0.108. The number of aldehydes is 1. The number of hydrogen-bond donors (Lipinski definition) is 0. The molecule has 5 heteroatoms. The van der Waals surface area contributed by atoms with Crippen LogP contribution in [0.3, 0.4) is 0 Å². The van der Waals surface area contributed by atoms with E-state index in [0.717, 1.165) is 0 Å². The Balaban J connectivity index is 2.29. The van der Waals surface area contributed by atoms with Crippen molar-refractivity contribution in [3.05, 3.63) is 35.6 Å². The van der Waals surface area contributed by atoms with Crippen molar-refractivity contribution in [1.29, 1.82) is 0 Å². The second-order valence-corrected chi connectivity index (χ2v) is 6.65. The molecule has 1 aromatic rings. The predicted octanol–water partition coefficient (Wildman–Crippen LogP) is 1.54. The molecular weight excluding hydrogens is 243 g/mol. The Bertz CT molecular complexity index is 521. The van der Waals surface area contributed by atoms with Crippen LogP contribution in [0.25, 0.3) is 0 Å². The third kappa shape index (κ3) is 2.11. The third-order valence-corrected chi connectivity index (χ3v) is 5.48. The van der Waals surface area contributed by atoms with Crippen LogP contribution in [0.4, 0.5) is 4.39 Å². The highest BCUT2D eigenvalue weighted by atomic mass is 32.2. The number of sulfone groups is 1. The van der Waals surface area contributed by atoms with Gasteiger partial charge in [0.2, 0.25) is 0 Å². The molecule has 92 valence electrons. The van der Waals surface area contributed by atoms with Crippen molar-refractivity contribution in [2.75, 3.05) is 5.75 Å². The smallest absolute Gasteiger partial charge is 0.154 e. The Morgan fingerprint density at radius 2 is 1.88 bits per heavy atom. The number of hydrogen-bond acceptors (Lipinski definition) is 3. The Hall–Kier alpha value is -1.23. The average molecular weight is 256 g/mol. The second kappa shape index (κ2) is 4.22. The van der Waals surface area contributed by atoms with E-state index in [1.165, 1.54) is 12.1 Å². The molecule has 0 aliphatic heterocycles. The van der Waals surface area contributed by atoms with Crippen molar-refractivity contribution in [3.63, 3.8) is 0 Å². The van der Waals surface area contributed by atoms with Crippen LogP contribution >= 0.6 is 0 Å². The Kier molecular flexibility index (Phi) is 3.03. The zero-order chi connectivity index (χ0) is 12.6. The van der Waals surface area contributed by atoms with Crippen LogP contribution in [0.15, 0.2) is 24.3 Å². The first-order chi connectivity index (χ1) is 8.01. The fourth-order valence-electron chi connectivity index (χ4n) is 2.22. The van der Waals surface area contributed by atoms with Crippen LogP contribution in [-0.2, 0) is 14.6 Å². The average Bonchev–Trinajstić information content (AvgIpc) is 3.05. The fourth-order valence-corrected chi connectivity index (χ4v) is 4.01. The molecule has 0 aromatic heterocycles. The van der Waals surface area contributed by atoms with Crippen LogP contribution in [-0.4, -0.2) is 25.7 Å². The first-order valence-corrected chi connectivity index (χ1v) is 7.15. The zero-order valence-corrected chi connectivity index (χ0v) is 10.2. The quantitative estimate of drug-likeness (QED) is 0.768. The summed E-state index contributed by atoms with van der Waals surface area (Å²) in [7, 11) is -3.22. The van der Waals surface area contributed by atoms with Gasteiger partial charge in [-0.2, -0.15) is 0 Å². The second-order valence-electron chi connectivity index (χ2n) is 4.21. The van der Waals surface area contributed by atoms with Gasteiger partial charge in [0.05, 0.1) is 5.25 Å². The van der Waals surface area contributed by atoms with Gasteiger partial charge < -0.3 is 4.79 Å². The van der Waals surface area contributed by atoms with Gasteiger partial charge >= 0.3 is 0 Å². The molecule has 0 spiro atoms. The molecular formula is C12H13FO3S. The van der Waals surface area contributed by atoms with Gasteiger partial charge in [0.15, 0.2) is 9.84 Å². The zero-order valence-electron chi connectivity index (χ0n) is 9.34. The van der Waals surface area contributed by atoms with Crippen molar-refractivity contribution in [1.82, 2.24) is 0 Å². The summed E-state index contributed by atoms with van der Waals surface area (Å²) in [6.45, 7) is 1.57. The van der Waals surface area contributed by atoms with E-state index in [9.17, 15) is 17.6 Å². The summed E-state index contributed by atoms with van der Waals surface area (Å²) in [5, 5.41) is -0.629. The van der Waals surface area contributed by atoms with Crippen molar-refractivity contribution in [3.8, 4) is 0 Å². The molecule has 0 amide bonds. The third-order valence-electron chi connectivity index (χ3n) is 3.24. The highest BCUT2D eigenvalue weighted by Gasteiger charge is 2.57. The van der Waals surface area contributed by atoms with E-state index in [-0.39, 0.29) is 17.5 Å². The van der Waals surface area contributed by atoms with E-state index in [1.54, 1.807) is 19.1 Å². The first-order valence-electron chi connectivity index (χ1n) is 5.43. The Morgan fingerprint density at radius 1 is 1.29 bits per heavy atom. The van der Waals surface area contributed by atoms with E-state index in [2.05, 4.69) is 0 Å². The van der Waals surface area contributed by atoms with E-state index in [0.29, 0.717) is 11.8 Å². The molecule has 1 fully saturated rings. The number of rotatable bonds is 4. The Labute approximate surface area is 99.6 Å². The number of halogens is 1. The van der Waals surface area contributed by atoms with Crippen molar-refractivity contribution >= 4 is 16.1 Å². The summed E-state index contributed by atoms with van der Waals surface area (Å²) in [6.07, 6.45) is 0.686. The molecule has 1 aromatic carbocycles. The lowest BCUT2D eigenvalue weighted by Crippen LogP contribution is -2.12. The maximum Gasteiger partial charge on any atom is 0.154 e. The van der Waals surface area contributed by atoms with Gasteiger partial charge in [-0.3, -0.25) is 0 Å². The molecule has 2 rings (SSSR count). The molecule has 1 saturated carbocycles. The molecule has 17 heavy (non-hydrogen) atoms. The van der Waals surface area contributed by atoms with E-state index < -0.39 is 21.0 Å². The molecule has 0 heterocycles. The highest BCUT2D eigenvalue weighted by Crippen LogP contribution is 2.51. The topological polar surface area (TPSA) is 51.2 Å². The summed E-state index contributed by atoms with van der Waals surface area (Å²) in [5.41, 5.74) is 0.713. The van der Waals surface area contributed by atoms with Gasteiger partial charge in [0, 0.05) is 17.6 Å². The molecule has 0 bridgehead atoms. The predicted molar refractivity (Wildman–Crippen MR) is 61.9 cm³/mol. The molecule has 0 N–H and O–H groups in total. The monoisotopic (exact) mass is 256 g/mol. The van der Waals surface area contributed by atoms with Crippen LogP contribution in [0.2, 0.25) is 0 Å². The minimum atomic E-state index is -3.22. The maximum atomic E-state index is 12.8. The van der Waals surface area contributed by atoms with Crippen LogP contribution in [0.1, 0.15) is 18.4 Å². The maximum absolute atomic E-state index is 12.8. The fraction of sp³-hybridized carbons (Fsp3) is 0.417. The highest BCUT2D eigenvalue weighted by molar-refractivity contribution is 7.92. The van der Waals surface area contributed by atoms with E-state index in [1.807, 2.05) is 0 Å². The number of carbonyl (C=O) groups excluding carboxylic acids is 1. The lowest BCUT2D eigenvalue weighted by Gasteiger charge is -2.00. The molecule has 1 aliphatic carbocycles. The van der Waals surface area contributed by atoms with E-state index in [4.69, 9.17) is 0 Å². The summed E-state index contributed by atoms with van der Waals surface area (Å²) < 4.78 is 36.3. The molecule has 1 aliphatic rings. The summed E-state index contributed by atoms with van der Waals surface area (Å²) in [6, 6.07) is 5.65. The van der Waals surface area contributed by atoms with Gasteiger partial charge in [-0.05, 0) is 17.7 Å². The molecule has 3 atom stereocenters. The largest absolute Gasteiger partial charge is 0.303 e. The molecule has 3 nitrogen and oxygen atoms in total. The number of carbonyl (C=O) groups is 1. The molecule has 0 saturated heterocycles. The number of benzene rings is 1. The standard InChI is InChI=1S/C12H13FO3S/c1-2-17(15,16)12-10(7-14)11(12)8-3-5-9(13)6-4-8/h3-7,10-12H,2H2,1H3/t10-,11+,12+/m0/s1. The van der Waals surface area contributed by atoms with Gasteiger partial charge in [-0.1, -0.05) is 19.1 Å². The van der Waals surface area contributed by atoms with Gasteiger partial charge in [-0.25, -0.2) is 12.8 Å². The van der Waals surface area contributed by atoms with Crippen LogP contribution in [0.5, 0.6) is 0 Å². The minimum Gasteiger partial charge on any atom is -0.303 e. The Morgan fingerprint density at radius 3 is 2.35 bits per heavy atom. The minimum absolute atomic E-state index is 0.0275. The van der Waals surface area contributed by atoms with E-state index >= 15 is 0 Å². The van der Waals surface area contributed by atoms with Crippen molar-refractivity contribution < 1.29 is 17.6 Å². The van der Waals surface area contributed by atoms with Gasteiger partial charge in [0.1, 0.15) is 12.1 Å². The van der Waals surface area contributed by atoms with Gasteiger partial charge in [-0.15, -0.1) is 0 Å². The summed E-state index contributed by atoms with van der Waals surface area (Å²) in [4.78, 5) is 10.9. The molecule has 0 radical (unpaired) electrons. The first kappa shape index (κ1) is 12.2. The summed E-state index contributed by atoms with van der Waals surface area (Å²) in [5.74, 6) is -1.13.